The van der Waals surface area contributed by atoms with Gasteiger partial charge in [-0.3, -0.25) is 0 Å². The number of alkyl halides is 6. The lowest BCUT2D eigenvalue weighted by Crippen LogP contribution is -2.04. The molecule has 202 valence electrons. The number of benzene rings is 6. The second-order valence-electron chi connectivity index (χ2n) is 10.4. The Morgan fingerprint density at radius 1 is 0.463 bits per heavy atom. The summed E-state index contributed by atoms with van der Waals surface area (Å²) in [6.07, 6.45) is -8.93. The number of hydrogen-bond donors (Lipinski definition) is 0. The van der Waals surface area contributed by atoms with Gasteiger partial charge in [0.05, 0.1) is 11.1 Å². The first-order valence-corrected chi connectivity index (χ1v) is 13.0. The Balaban J connectivity index is 1.64. The number of aryl methyl sites for hydroxylation is 1. The van der Waals surface area contributed by atoms with E-state index in [9.17, 15) is 26.3 Å². The van der Waals surface area contributed by atoms with Crippen LogP contribution in [0, 0.1) is 6.92 Å². The van der Waals surface area contributed by atoms with Gasteiger partial charge in [0.15, 0.2) is 0 Å². The summed E-state index contributed by atoms with van der Waals surface area (Å²) in [6, 6.07) is 28.2. The molecular formula is C35H20F6. The van der Waals surface area contributed by atoms with Crippen LogP contribution in [-0.2, 0) is 12.4 Å². The average molecular weight is 555 g/mol. The molecule has 0 aliphatic heterocycles. The maximum absolute atomic E-state index is 13.5. The molecule has 0 nitrogen and oxygen atoms in total. The first-order chi connectivity index (χ1) is 19.5. The van der Waals surface area contributed by atoms with Crippen LogP contribution in [-0.4, -0.2) is 0 Å². The van der Waals surface area contributed by atoms with Gasteiger partial charge in [0.25, 0.3) is 0 Å². The van der Waals surface area contributed by atoms with Crippen LogP contribution in [0.3, 0.4) is 0 Å². The maximum atomic E-state index is 13.5. The van der Waals surface area contributed by atoms with Crippen molar-refractivity contribution in [3.05, 3.63) is 120 Å². The van der Waals surface area contributed by atoms with Gasteiger partial charge in [-0.25, -0.2) is 0 Å². The highest BCUT2D eigenvalue weighted by molar-refractivity contribution is 6.27. The normalized spacial score (nSPS) is 12.8. The standard InChI is InChI=1S/C35H20F6/c1-19-8-17-25-28(18-19)31(22-11-15-24(16-12-22)35(39,40)41)33-27-7-3-5-20-4-2-6-26(29(20)27)32(33)30(25)21-9-13-23(14-10-21)34(36,37)38/h2-18H,1H3. The van der Waals surface area contributed by atoms with E-state index in [4.69, 9.17) is 0 Å². The van der Waals surface area contributed by atoms with Crippen LogP contribution in [0.4, 0.5) is 26.3 Å². The van der Waals surface area contributed by atoms with Crippen LogP contribution in [0.1, 0.15) is 16.7 Å². The molecule has 0 unspecified atom stereocenters. The molecule has 6 aromatic carbocycles. The summed E-state index contributed by atoms with van der Waals surface area (Å²) in [5, 5.41) is 3.66. The molecule has 0 heterocycles. The molecule has 0 saturated heterocycles. The van der Waals surface area contributed by atoms with Gasteiger partial charge >= 0.3 is 12.4 Å². The van der Waals surface area contributed by atoms with Crippen LogP contribution < -0.4 is 0 Å². The zero-order valence-corrected chi connectivity index (χ0v) is 21.6. The molecule has 0 saturated carbocycles. The van der Waals surface area contributed by atoms with Gasteiger partial charge in [-0.05, 0) is 97.2 Å². The summed E-state index contributed by atoms with van der Waals surface area (Å²) >= 11 is 0. The van der Waals surface area contributed by atoms with Crippen molar-refractivity contribution in [2.75, 3.05) is 0 Å². The second-order valence-corrected chi connectivity index (χ2v) is 10.4. The molecule has 0 atom stereocenters. The van der Waals surface area contributed by atoms with Gasteiger partial charge in [-0.2, -0.15) is 26.3 Å². The van der Waals surface area contributed by atoms with Crippen molar-refractivity contribution < 1.29 is 26.3 Å². The van der Waals surface area contributed by atoms with Crippen LogP contribution in [0.15, 0.2) is 103 Å². The fourth-order valence-electron chi connectivity index (χ4n) is 6.15. The highest BCUT2D eigenvalue weighted by atomic mass is 19.4. The largest absolute Gasteiger partial charge is 0.416 e. The van der Waals surface area contributed by atoms with E-state index in [1.165, 1.54) is 24.3 Å². The average Bonchev–Trinajstić information content (AvgIpc) is 3.26. The number of rotatable bonds is 2. The number of halogens is 6. The predicted octanol–water partition coefficient (Wildman–Crippen LogP) is 11.3. The Morgan fingerprint density at radius 3 is 1.39 bits per heavy atom. The SMILES string of the molecule is Cc1ccc2c(-c3ccc(C(F)(F)F)cc3)c3c(c(-c4ccc(C(F)(F)F)cc4)c2c1)-c1cccc2cccc-3c12. The smallest absolute Gasteiger partial charge is 0.166 e. The third-order valence-corrected chi connectivity index (χ3v) is 7.91. The Kier molecular flexibility index (Phi) is 5.39. The minimum atomic E-state index is -4.46. The molecule has 0 radical (unpaired) electrons. The molecule has 6 aromatic rings. The van der Waals surface area contributed by atoms with Crippen molar-refractivity contribution >= 4 is 21.5 Å². The van der Waals surface area contributed by atoms with Crippen molar-refractivity contribution in [1.82, 2.24) is 0 Å². The molecule has 1 aliphatic rings. The molecule has 41 heavy (non-hydrogen) atoms. The fraction of sp³-hybridized carbons (Fsp3) is 0.0857. The Bertz CT molecular complexity index is 1990. The minimum Gasteiger partial charge on any atom is -0.166 e. The molecule has 0 spiro atoms. The highest BCUT2D eigenvalue weighted by Crippen LogP contribution is 2.57. The molecule has 0 fully saturated rings. The molecule has 0 amide bonds. The molecule has 7 rings (SSSR count). The van der Waals surface area contributed by atoms with Crippen LogP contribution >= 0.6 is 0 Å². The highest BCUT2D eigenvalue weighted by Gasteiger charge is 2.33. The van der Waals surface area contributed by atoms with E-state index in [1.807, 2.05) is 61.5 Å². The first-order valence-electron chi connectivity index (χ1n) is 13.0. The molecule has 0 N–H and O–H groups in total. The molecule has 0 bridgehead atoms. The zero-order chi connectivity index (χ0) is 28.7. The zero-order valence-electron chi connectivity index (χ0n) is 21.6. The molecule has 6 heteroatoms. The quantitative estimate of drug-likeness (QED) is 0.187. The van der Waals surface area contributed by atoms with Crippen LogP contribution in [0.5, 0.6) is 0 Å². The van der Waals surface area contributed by atoms with E-state index in [0.29, 0.717) is 11.1 Å². The topological polar surface area (TPSA) is 0 Å². The van der Waals surface area contributed by atoms with Gasteiger partial charge in [0, 0.05) is 0 Å². The first kappa shape index (κ1) is 25.4. The minimum absolute atomic E-state index is 0.631. The van der Waals surface area contributed by atoms with E-state index in [-0.39, 0.29) is 0 Å². The lowest BCUT2D eigenvalue weighted by molar-refractivity contribution is -0.138. The van der Waals surface area contributed by atoms with Crippen LogP contribution in [0.2, 0.25) is 0 Å². The van der Waals surface area contributed by atoms with Crippen LogP contribution in [0.25, 0.3) is 66.1 Å². The summed E-state index contributed by atoms with van der Waals surface area (Å²) in [7, 11) is 0. The van der Waals surface area contributed by atoms with Gasteiger partial charge in [0.2, 0.25) is 0 Å². The van der Waals surface area contributed by atoms with Crippen molar-refractivity contribution in [3.8, 4) is 44.5 Å². The van der Waals surface area contributed by atoms with Crippen molar-refractivity contribution in [2.24, 2.45) is 0 Å². The fourth-order valence-corrected chi connectivity index (χ4v) is 6.15. The summed E-state index contributed by atoms with van der Waals surface area (Å²) in [4.78, 5) is 0. The van der Waals surface area contributed by atoms with Gasteiger partial charge in [-0.15, -0.1) is 0 Å². The van der Waals surface area contributed by atoms with Crippen molar-refractivity contribution in [3.63, 3.8) is 0 Å². The molecular weight excluding hydrogens is 534 g/mol. The van der Waals surface area contributed by atoms with E-state index in [1.54, 1.807) is 0 Å². The Hall–Kier alpha value is -4.58. The maximum Gasteiger partial charge on any atom is 0.416 e. The van der Waals surface area contributed by atoms with E-state index in [0.717, 1.165) is 84.8 Å². The monoisotopic (exact) mass is 554 g/mol. The van der Waals surface area contributed by atoms with Gasteiger partial charge in [-0.1, -0.05) is 84.4 Å². The van der Waals surface area contributed by atoms with E-state index in [2.05, 4.69) is 0 Å². The summed E-state index contributed by atoms with van der Waals surface area (Å²) in [5.74, 6) is 0. The number of hydrogen-bond acceptors (Lipinski definition) is 0. The summed E-state index contributed by atoms with van der Waals surface area (Å²) < 4.78 is 80.7. The Labute approximate surface area is 231 Å². The van der Waals surface area contributed by atoms with Gasteiger partial charge < -0.3 is 0 Å². The van der Waals surface area contributed by atoms with E-state index >= 15 is 0 Å². The summed E-state index contributed by atoms with van der Waals surface area (Å²) in [6.45, 7) is 1.94. The van der Waals surface area contributed by atoms with Gasteiger partial charge in [0.1, 0.15) is 0 Å². The Morgan fingerprint density at radius 2 is 0.927 bits per heavy atom. The number of fused-ring (bicyclic) bond motifs is 4. The third kappa shape index (κ3) is 3.92. The molecule has 0 aromatic heterocycles. The van der Waals surface area contributed by atoms with Crippen molar-refractivity contribution in [2.45, 2.75) is 19.3 Å². The predicted molar refractivity (Wildman–Crippen MR) is 151 cm³/mol. The third-order valence-electron chi connectivity index (χ3n) is 7.91. The molecule has 1 aliphatic carbocycles. The summed E-state index contributed by atoms with van der Waals surface area (Å²) in [5.41, 5.74) is 5.97. The lowest BCUT2D eigenvalue weighted by Gasteiger charge is -2.21. The second kappa shape index (κ2) is 8.71. The van der Waals surface area contributed by atoms with Crippen molar-refractivity contribution in [1.29, 1.82) is 0 Å². The van der Waals surface area contributed by atoms with E-state index < -0.39 is 23.5 Å². The lowest BCUT2D eigenvalue weighted by atomic mass is 9.82.